The Balaban J connectivity index is 0.000000154. The first kappa shape index (κ1) is 65.4. The monoisotopic (exact) mass is 1770 g/mol. The molecule has 6 aromatic heterocycles. The SMILES string of the molecule is CC(C)c1ccnc(-n2c3[c-]c(C4(c5[c-]c(-n6[cH+]n(-c7ccccc7)c7ccccc76)ccc5)c5ccccc5-c5ccccc54)ccc3c3ccccc32)c1.[2H]C([2H])([2H])n1[cH+]n(-c2[c-]c(C3(c4[c-]c5c(cc4)c4ccccc4n5-c4cc(C(C)C)ccn4)c4ccccc4-c4ccccc43)ccc2)c2ccccc21.[Pt].[Pt]. The standard InChI is InChI=1S/C52H37N4.C47H35N4.2Pt/c1-35(2)36-29-30-53-51(31-36)56-47-24-11-8-21-43(47)44-28-27-38(33-50(44)56)52(45-22-9-6-19-41(45)42-20-7-10-23-46(42)52)37-15-14-18-40(32-37)55-34-54(39-16-4-3-5-17-39)48-25-12-13-26-49(48)55;1-31(2)32-25-26-48-46(27-32)51-42-20-9-6-17-38(42)39-24-23-34(29-45(39)51)47(40-18-7-4-15-36(40)37-16-5-8-19-41(37)47)33-13-12-14-35(28-33)50-30-49(3)43-21-10-11-22-44(43)50;;/h3-31,34-35H,1-2H3;4-27,30-31H,1-3H3;;/q2*-1;;/i;3D3;;. The molecular weight excluding hydrogens is 1690 g/mol. The van der Waals surface area contributed by atoms with E-state index in [-0.39, 0.29) is 42.1 Å². The van der Waals surface area contributed by atoms with Gasteiger partial charge in [0.15, 0.2) is 34.7 Å². The van der Waals surface area contributed by atoms with Crippen LogP contribution in [0.3, 0.4) is 0 Å². The van der Waals surface area contributed by atoms with Crippen molar-refractivity contribution in [3.8, 4) is 51.0 Å². The number of benzene rings is 13. The number of hydrogen-bond acceptors (Lipinski definition) is 2. The number of nitrogens with zero attached hydrogens (tertiary/aromatic N) is 8. The van der Waals surface area contributed by atoms with Gasteiger partial charge in [0.1, 0.15) is 17.3 Å². The third-order valence-corrected chi connectivity index (χ3v) is 22.4. The maximum absolute atomic E-state index is 8.30. The number of fused-ring (bicyclic) bond motifs is 14. The zero-order chi connectivity index (χ0) is 74.2. The van der Waals surface area contributed by atoms with Crippen molar-refractivity contribution in [3.63, 3.8) is 0 Å². The van der Waals surface area contributed by atoms with Gasteiger partial charge in [-0.1, -0.05) is 209 Å². The predicted molar refractivity (Wildman–Crippen MR) is 436 cm³/mol. The van der Waals surface area contributed by atoms with E-state index in [1.807, 2.05) is 47.3 Å². The number of imidazole rings is 2. The summed E-state index contributed by atoms with van der Waals surface area (Å²) in [5.41, 5.74) is 25.2. The van der Waals surface area contributed by atoms with Crippen LogP contribution in [0.25, 0.3) is 117 Å². The first-order valence-electron chi connectivity index (χ1n) is 38.3. The molecular formula is C99H72N8Pt2-2. The summed E-state index contributed by atoms with van der Waals surface area (Å²) in [6, 6.07) is 125. The molecule has 0 atom stereocenters. The van der Waals surface area contributed by atoms with Gasteiger partial charge in [-0.05, 0) is 139 Å². The molecule has 13 aromatic carbocycles. The molecule has 19 aromatic rings. The van der Waals surface area contributed by atoms with Gasteiger partial charge >= 0.3 is 0 Å². The zero-order valence-corrected chi connectivity index (χ0v) is 64.7. The van der Waals surface area contributed by atoms with Gasteiger partial charge in [0.25, 0.3) is 0 Å². The second kappa shape index (κ2) is 27.4. The number of hydrogen-bond donors (Lipinski definition) is 0. The molecule has 0 spiro atoms. The van der Waals surface area contributed by atoms with Crippen LogP contribution in [-0.2, 0) is 59.9 Å². The number of aryl methyl sites for hydroxylation is 1. The van der Waals surface area contributed by atoms with Gasteiger partial charge in [0.2, 0.25) is 0 Å². The van der Waals surface area contributed by atoms with Crippen molar-refractivity contribution >= 4 is 65.7 Å². The molecule has 0 unspecified atom stereocenters. The summed E-state index contributed by atoms with van der Waals surface area (Å²) in [4.78, 5) is 9.89. The summed E-state index contributed by atoms with van der Waals surface area (Å²) in [5, 5.41) is 4.58. The van der Waals surface area contributed by atoms with Crippen LogP contribution < -0.4 is 0 Å². The van der Waals surface area contributed by atoms with Gasteiger partial charge in [0.05, 0.1) is 0 Å². The molecule has 0 amide bonds. The molecule has 2 aliphatic carbocycles. The minimum atomic E-state index is -2.35. The molecule has 0 aliphatic heterocycles. The predicted octanol–water partition coefficient (Wildman–Crippen LogP) is 23.1. The van der Waals surface area contributed by atoms with Gasteiger partial charge in [-0.25, -0.2) is 23.7 Å². The summed E-state index contributed by atoms with van der Waals surface area (Å²) in [7, 11) is 0. The van der Waals surface area contributed by atoms with Crippen LogP contribution in [0.5, 0.6) is 0 Å². The Morgan fingerprint density at radius 2 is 0.697 bits per heavy atom. The van der Waals surface area contributed by atoms with Crippen molar-refractivity contribution < 1.29 is 46.2 Å². The Hall–Kier alpha value is -11.9. The van der Waals surface area contributed by atoms with E-state index in [1.54, 1.807) is 6.33 Å². The number of rotatable bonds is 11. The Bertz CT molecular complexity index is 6810. The molecule has 0 bridgehead atoms. The van der Waals surface area contributed by atoms with Crippen LogP contribution in [0.15, 0.2) is 334 Å². The molecule has 10 heteroatoms. The fourth-order valence-corrected chi connectivity index (χ4v) is 17.5. The molecule has 0 saturated heterocycles. The average molecular weight is 1770 g/mol. The van der Waals surface area contributed by atoms with Gasteiger partial charge < -0.3 is 9.13 Å². The Morgan fingerprint density at radius 1 is 0.330 bits per heavy atom. The first-order valence-corrected chi connectivity index (χ1v) is 36.8. The molecule has 0 N–H and O–H groups in total. The van der Waals surface area contributed by atoms with Crippen molar-refractivity contribution in [3.05, 3.63) is 414 Å². The summed E-state index contributed by atoms with van der Waals surface area (Å²) in [5.74, 6) is 2.49. The number of aromatic nitrogens is 8. The Morgan fingerprint density at radius 3 is 1.14 bits per heavy atom. The van der Waals surface area contributed by atoms with E-state index >= 15 is 0 Å². The molecule has 2 aliphatic rings. The number of pyridine rings is 2. The summed E-state index contributed by atoms with van der Waals surface area (Å²) >= 11 is 0. The minimum absolute atomic E-state index is 0. The zero-order valence-electron chi connectivity index (χ0n) is 63.1. The molecule has 0 saturated carbocycles. The first-order chi connectivity index (χ1) is 53.9. The Labute approximate surface area is 666 Å². The van der Waals surface area contributed by atoms with E-state index in [2.05, 4.69) is 356 Å². The summed E-state index contributed by atoms with van der Waals surface area (Å²) in [6.45, 7) is 6.53. The van der Waals surface area contributed by atoms with Crippen LogP contribution in [0, 0.1) is 24.3 Å². The van der Waals surface area contributed by atoms with Gasteiger partial charge in [-0.2, -0.15) is 65.2 Å². The molecule has 8 nitrogen and oxygen atoms in total. The van der Waals surface area contributed by atoms with E-state index < -0.39 is 17.8 Å². The fraction of sp³-hybridized carbons (Fsp3) is 0.0909. The number of para-hydroxylation sites is 7. The second-order valence-corrected chi connectivity index (χ2v) is 28.8. The molecule has 0 radical (unpaired) electrons. The average Bonchev–Trinajstić information content (AvgIpc) is 1.53. The Kier molecular flexibility index (Phi) is 16.4. The van der Waals surface area contributed by atoms with Gasteiger partial charge in [-0.15, -0.1) is 51.2 Å². The third-order valence-electron chi connectivity index (χ3n) is 22.4. The van der Waals surface area contributed by atoms with E-state index in [1.165, 1.54) is 54.5 Å². The van der Waals surface area contributed by atoms with E-state index in [0.717, 1.165) is 117 Å². The molecule has 21 rings (SSSR count). The van der Waals surface area contributed by atoms with Crippen molar-refractivity contribution in [1.29, 1.82) is 0 Å². The summed E-state index contributed by atoms with van der Waals surface area (Å²) in [6.07, 6.45) is 7.70. The normalized spacial score (nSPS) is 13.5. The fourth-order valence-electron chi connectivity index (χ4n) is 17.5. The van der Waals surface area contributed by atoms with Crippen molar-refractivity contribution in [2.75, 3.05) is 0 Å². The molecule has 6 heterocycles. The van der Waals surface area contributed by atoms with E-state index in [4.69, 9.17) is 14.1 Å². The molecule has 530 valence electrons. The molecule has 0 fully saturated rings. The van der Waals surface area contributed by atoms with Crippen LogP contribution >= 0.6 is 0 Å². The minimum Gasteiger partial charge on any atom is -0.319 e. The van der Waals surface area contributed by atoms with Crippen LogP contribution in [0.2, 0.25) is 0 Å². The van der Waals surface area contributed by atoms with Crippen LogP contribution in [0.1, 0.15) is 99.3 Å². The smallest absolute Gasteiger partial charge is 0.188 e. The van der Waals surface area contributed by atoms with E-state index in [9.17, 15) is 0 Å². The molecule has 109 heavy (non-hydrogen) atoms. The van der Waals surface area contributed by atoms with Crippen molar-refractivity contribution in [1.82, 2.24) is 37.4 Å². The maximum Gasteiger partial charge on any atom is 0.188 e. The largest absolute Gasteiger partial charge is 0.319 e. The topological polar surface area (TPSA) is 55.4 Å². The van der Waals surface area contributed by atoms with Crippen LogP contribution in [-0.4, -0.2) is 37.4 Å². The van der Waals surface area contributed by atoms with E-state index in [0.29, 0.717) is 17.4 Å². The van der Waals surface area contributed by atoms with Gasteiger partial charge in [0, 0.05) is 123 Å². The van der Waals surface area contributed by atoms with Crippen molar-refractivity contribution in [2.45, 2.75) is 50.4 Å². The van der Waals surface area contributed by atoms with Gasteiger partial charge in [-0.3, -0.25) is 0 Å². The quantitative estimate of drug-likeness (QED) is 0.121. The maximum atomic E-state index is 8.30. The summed E-state index contributed by atoms with van der Waals surface area (Å²) < 4.78 is 37.3. The van der Waals surface area contributed by atoms with Crippen molar-refractivity contribution in [2.24, 2.45) is 6.98 Å². The second-order valence-electron chi connectivity index (χ2n) is 28.8. The third kappa shape index (κ3) is 10.7. The van der Waals surface area contributed by atoms with Crippen LogP contribution in [0.4, 0.5) is 0 Å².